The van der Waals surface area contributed by atoms with Crippen molar-refractivity contribution in [2.45, 2.75) is 4.90 Å². The molecule has 0 fully saturated rings. The molecule has 11 heavy (non-hydrogen) atoms. The van der Waals surface area contributed by atoms with Crippen molar-refractivity contribution in [3.63, 3.8) is 0 Å². The molecule has 2 rings (SSSR count). The van der Waals surface area contributed by atoms with Gasteiger partial charge >= 0.3 is 0 Å². The molecule has 1 nitrogen and oxygen atoms in total. The smallest absolute Gasteiger partial charge is 0.0493 e. The van der Waals surface area contributed by atoms with Crippen molar-refractivity contribution in [3.8, 4) is 0 Å². The van der Waals surface area contributed by atoms with Crippen molar-refractivity contribution in [2.75, 3.05) is 17.6 Å². The molecule has 0 amide bonds. The summed E-state index contributed by atoms with van der Waals surface area (Å²) < 4.78 is 0. The van der Waals surface area contributed by atoms with E-state index in [1.807, 2.05) is 23.9 Å². The SMILES string of the molecule is Clc1ccc2c(c1)NCCS2. The minimum atomic E-state index is 0.804. The van der Waals surface area contributed by atoms with Gasteiger partial charge in [0, 0.05) is 27.9 Å². The first-order valence-electron chi connectivity index (χ1n) is 3.52. The van der Waals surface area contributed by atoms with Crippen LogP contribution in [0.5, 0.6) is 0 Å². The predicted molar refractivity (Wildman–Crippen MR) is 50.7 cm³/mol. The molecule has 0 spiro atoms. The molecule has 1 aromatic carbocycles. The van der Waals surface area contributed by atoms with E-state index in [4.69, 9.17) is 11.6 Å². The summed E-state index contributed by atoms with van der Waals surface area (Å²) in [5.41, 5.74) is 1.17. The number of fused-ring (bicyclic) bond motifs is 1. The number of hydrogen-bond donors (Lipinski definition) is 1. The Hall–Kier alpha value is -0.340. The van der Waals surface area contributed by atoms with E-state index in [9.17, 15) is 0 Å². The van der Waals surface area contributed by atoms with Crippen LogP contribution in [0.3, 0.4) is 0 Å². The lowest BCUT2D eigenvalue weighted by atomic mass is 10.3. The average molecular weight is 186 g/mol. The Morgan fingerprint density at radius 2 is 2.36 bits per heavy atom. The van der Waals surface area contributed by atoms with E-state index in [0.717, 1.165) is 17.3 Å². The molecular weight excluding hydrogens is 178 g/mol. The maximum atomic E-state index is 5.83. The lowest BCUT2D eigenvalue weighted by molar-refractivity contribution is 1.17. The molecule has 0 atom stereocenters. The standard InChI is InChI=1S/C8H8ClNS/c9-6-1-2-8-7(5-6)10-3-4-11-8/h1-2,5,10H,3-4H2. The van der Waals surface area contributed by atoms with E-state index in [0.29, 0.717) is 0 Å². The van der Waals surface area contributed by atoms with Crippen LogP contribution in [0.4, 0.5) is 5.69 Å². The van der Waals surface area contributed by atoms with Crippen molar-refractivity contribution < 1.29 is 0 Å². The molecule has 0 saturated heterocycles. The fourth-order valence-corrected chi connectivity index (χ4v) is 2.16. The highest BCUT2D eigenvalue weighted by Crippen LogP contribution is 2.32. The average Bonchev–Trinajstić information content (AvgIpc) is 2.04. The first-order valence-corrected chi connectivity index (χ1v) is 4.89. The summed E-state index contributed by atoms with van der Waals surface area (Å²) in [6, 6.07) is 5.97. The van der Waals surface area contributed by atoms with Gasteiger partial charge in [0.1, 0.15) is 0 Å². The molecule has 1 N–H and O–H groups in total. The van der Waals surface area contributed by atoms with Crippen LogP contribution in [-0.4, -0.2) is 12.3 Å². The second kappa shape index (κ2) is 2.95. The second-order valence-electron chi connectivity index (χ2n) is 2.42. The normalized spacial score (nSPS) is 15.4. The Bertz CT molecular complexity index is 275. The Kier molecular flexibility index (Phi) is 1.96. The third kappa shape index (κ3) is 1.47. The fraction of sp³-hybridized carbons (Fsp3) is 0.250. The highest BCUT2D eigenvalue weighted by atomic mass is 35.5. The van der Waals surface area contributed by atoms with Gasteiger partial charge in [0.05, 0.1) is 0 Å². The summed E-state index contributed by atoms with van der Waals surface area (Å²) in [5, 5.41) is 4.10. The summed E-state index contributed by atoms with van der Waals surface area (Å²) in [6.07, 6.45) is 0. The highest BCUT2D eigenvalue weighted by molar-refractivity contribution is 7.99. The van der Waals surface area contributed by atoms with Crippen LogP contribution in [0.2, 0.25) is 5.02 Å². The maximum Gasteiger partial charge on any atom is 0.0493 e. The van der Waals surface area contributed by atoms with Gasteiger partial charge in [-0.15, -0.1) is 11.8 Å². The zero-order valence-electron chi connectivity index (χ0n) is 5.93. The van der Waals surface area contributed by atoms with Gasteiger partial charge < -0.3 is 5.32 Å². The summed E-state index contributed by atoms with van der Waals surface area (Å²) in [5.74, 6) is 1.15. The first kappa shape index (κ1) is 7.32. The van der Waals surface area contributed by atoms with Gasteiger partial charge in [-0.3, -0.25) is 0 Å². The Balaban J connectivity index is 2.43. The zero-order chi connectivity index (χ0) is 7.68. The molecule has 0 saturated carbocycles. The quantitative estimate of drug-likeness (QED) is 0.667. The number of thioether (sulfide) groups is 1. The molecule has 3 heteroatoms. The van der Waals surface area contributed by atoms with E-state index in [-0.39, 0.29) is 0 Å². The Morgan fingerprint density at radius 1 is 1.45 bits per heavy atom. The van der Waals surface area contributed by atoms with Gasteiger partial charge in [-0.05, 0) is 18.2 Å². The number of halogens is 1. The lowest BCUT2D eigenvalue weighted by Crippen LogP contribution is -2.09. The van der Waals surface area contributed by atoms with E-state index >= 15 is 0 Å². The van der Waals surface area contributed by atoms with E-state index in [1.54, 1.807) is 0 Å². The molecule has 0 aromatic heterocycles. The van der Waals surface area contributed by atoms with Gasteiger partial charge in [0.15, 0.2) is 0 Å². The summed E-state index contributed by atoms with van der Waals surface area (Å²) in [7, 11) is 0. The van der Waals surface area contributed by atoms with Gasteiger partial charge in [-0.25, -0.2) is 0 Å². The first-order chi connectivity index (χ1) is 5.36. The van der Waals surface area contributed by atoms with Crippen molar-refractivity contribution in [3.05, 3.63) is 23.2 Å². The Labute approximate surface area is 75.1 Å². The van der Waals surface area contributed by atoms with Gasteiger partial charge in [0.25, 0.3) is 0 Å². The monoisotopic (exact) mass is 185 g/mol. The van der Waals surface area contributed by atoms with E-state index in [1.165, 1.54) is 10.6 Å². The van der Waals surface area contributed by atoms with E-state index < -0.39 is 0 Å². The van der Waals surface area contributed by atoms with Crippen LogP contribution >= 0.6 is 23.4 Å². The molecule has 1 aromatic rings. The predicted octanol–water partition coefficient (Wildman–Crippen LogP) is 2.86. The minimum absolute atomic E-state index is 0.804. The number of benzene rings is 1. The Morgan fingerprint density at radius 3 is 3.27 bits per heavy atom. The van der Waals surface area contributed by atoms with Gasteiger partial charge in [0.2, 0.25) is 0 Å². The third-order valence-corrected chi connectivity index (χ3v) is 2.93. The molecule has 0 radical (unpaired) electrons. The molecule has 1 aliphatic rings. The third-order valence-electron chi connectivity index (χ3n) is 1.62. The minimum Gasteiger partial charge on any atom is -0.383 e. The van der Waals surface area contributed by atoms with Gasteiger partial charge in [-0.1, -0.05) is 11.6 Å². The van der Waals surface area contributed by atoms with Crippen LogP contribution < -0.4 is 5.32 Å². The topological polar surface area (TPSA) is 12.0 Å². The lowest BCUT2D eigenvalue weighted by Gasteiger charge is -2.16. The fourth-order valence-electron chi connectivity index (χ4n) is 1.11. The molecule has 0 unspecified atom stereocenters. The van der Waals surface area contributed by atoms with Crippen LogP contribution in [-0.2, 0) is 0 Å². The summed E-state index contributed by atoms with van der Waals surface area (Å²) >= 11 is 7.70. The maximum absolute atomic E-state index is 5.83. The van der Waals surface area contributed by atoms with Gasteiger partial charge in [-0.2, -0.15) is 0 Å². The summed E-state index contributed by atoms with van der Waals surface area (Å²) in [4.78, 5) is 1.31. The zero-order valence-corrected chi connectivity index (χ0v) is 7.50. The number of hydrogen-bond acceptors (Lipinski definition) is 2. The highest BCUT2D eigenvalue weighted by Gasteiger charge is 2.07. The molecule has 0 bridgehead atoms. The molecule has 1 heterocycles. The second-order valence-corrected chi connectivity index (χ2v) is 3.99. The number of rotatable bonds is 0. The van der Waals surface area contributed by atoms with Crippen molar-refractivity contribution in [1.82, 2.24) is 0 Å². The van der Waals surface area contributed by atoms with Crippen LogP contribution in [0.15, 0.2) is 23.1 Å². The number of nitrogens with one attached hydrogen (secondary N) is 1. The van der Waals surface area contributed by atoms with E-state index in [2.05, 4.69) is 11.4 Å². The van der Waals surface area contributed by atoms with Crippen LogP contribution in [0.1, 0.15) is 0 Å². The molecule has 1 aliphatic heterocycles. The van der Waals surface area contributed by atoms with Crippen molar-refractivity contribution in [2.24, 2.45) is 0 Å². The molecular formula is C8H8ClNS. The van der Waals surface area contributed by atoms with Crippen LogP contribution in [0.25, 0.3) is 0 Å². The van der Waals surface area contributed by atoms with Crippen LogP contribution in [0, 0.1) is 0 Å². The number of anilines is 1. The van der Waals surface area contributed by atoms with Crippen molar-refractivity contribution in [1.29, 1.82) is 0 Å². The molecule has 58 valence electrons. The summed E-state index contributed by atoms with van der Waals surface area (Å²) in [6.45, 7) is 1.04. The molecule has 0 aliphatic carbocycles. The van der Waals surface area contributed by atoms with Crippen molar-refractivity contribution >= 4 is 29.1 Å². The largest absolute Gasteiger partial charge is 0.383 e.